The maximum absolute atomic E-state index is 12.0. The molecular formula is C26H34O. The summed E-state index contributed by atoms with van der Waals surface area (Å²) in [6.07, 6.45) is 13.5. The smallest absolute Gasteiger partial charge is 0.162 e. The van der Waals surface area contributed by atoms with Crippen molar-refractivity contribution in [1.29, 1.82) is 0 Å². The van der Waals surface area contributed by atoms with Crippen LogP contribution in [0.3, 0.4) is 0 Å². The van der Waals surface area contributed by atoms with Crippen LogP contribution in [0.15, 0.2) is 36.4 Å². The third kappa shape index (κ3) is 5.09. The van der Waals surface area contributed by atoms with Gasteiger partial charge in [-0.25, -0.2) is 0 Å². The topological polar surface area (TPSA) is 17.1 Å². The molecule has 2 aromatic rings. The molecule has 0 heterocycles. The molecule has 0 bridgehead atoms. The second kappa shape index (κ2) is 9.88. The quantitative estimate of drug-likeness (QED) is 0.319. The molecule has 0 spiro atoms. The van der Waals surface area contributed by atoms with Crippen LogP contribution in [0.2, 0.25) is 0 Å². The minimum Gasteiger partial charge on any atom is -0.294 e. The van der Waals surface area contributed by atoms with Crippen molar-refractivity contribution in [2.24, 2.45) is 0 Å². The van der Waals surface area contributed by atoms with Gasteiger partial charge in [0.1, 0.15) is 0 Å². The molecule has 0 fully saturated rings. The summed E-state index contributed by atoms with van der Waals surface area (Å²) >= 11 is 0. The number of rotatable bonds is 10. The number of ketones is 1. The highest BCUT2D eigenvalue weighted by molar-refractivity contribution is 5.96. The first-order valence-corrected chi connectivity index (χ1v) is 11.0. The summed E-state index contributed by atoms with van der Waals surface area (Å²) in [6.45, 7) is 4.21. The first kappa shape index (κ1) is 19.9. The standard InChI is InChI=1S/C26H34O/c1-3-5-6-7-8-9-10-11-20-12-16-24-21(18-20)13-14-22-19-23(26(27)4-2)15-17-25(22)24/h12,15-19H,3-11,13-14H2,1-2H3. The van der Waals surface area contributed by atoms with E-state index in [0.29, 0.717) is 6.42 Å². The van der Waals surface area contributed by atoms with Crippen LogP contribution in [0.25, 0.3) is 11.1 Å². The van der Waals surface area contributed by atoms with Crippen molar-refractivity contribution in [3.63, 3.8) is 0 Å². The lowest BCUT2D eigenvalue weighted by Gasteiger charge is -2.21. The van der Waals surface area contributed by atoms with Crippen LogP contribution in [0, 0.1) is 0 Å². The lowest BCUT2D eigenvalue weighted by molar-refractivity contribution is 0.0988. The number of fused-ring (bicyclic) bond motifs is 3. The molecule has 27 heavy (non-hydrogen) atoms. The average molecular weight is 363 g/mol. The van der Waals surface area contributed by atoms with E-state index in [1.807, 2.05) is 13.0 Å². The summed E-state index contributed by atoms with van der Waals surface area (Å²) in [5.41, 5.74) is 7.87. The maximum Gasteiger partial charge on any atom is 0.162 e. The molecule has 0 unspecified atom stereocenters. The van der Waals surface area contributed by atoms with Gasteiger partial charge >= 0.3 is 0 Å². The van der Waals surface area contributed by atoms with E-state index in [4.69, 9.17) is 0 Å². The Labute approximate surface area is 165 Å². The molecule has 0 N–H and O–H groups in total. The van der Waals surface area contributed by atoms with Gasteiger partial charge in [-0.1, -0.05) is 82.7 Å². The molecule has 0 aliphatic heterocycles. The average Bonchev–Trinajstić information content (AvgIpc) is 2.71. The SMILES string of the molecule is CCCCCCCCCc1ccc2c(c1)CCc1cc(C(=O)CC)ccc1-2. The van der Waals surface area contributed by atoms with Crippen molar-refractivity contribution in [1.82, 2.24) is 0 Å². The van der Waals surface area contributed by atoms with Crippen LogP contribution in [-0.4, -0.2) is 5.78 Å². The van der Waals surface area contributed by atoms with Crippen molar-refractivity contribution in [2.75, 3.05) is 0 Å². The van der Waals surface area contributed by atoms with Crippen LogP contribution in [-0.2, 0) is 19.3 Å². The van der Waals surface area contributed by atoms with Crippen LogP contribution < -0.4 is 0 Å². The Morgan fingerprint density at radius 1 is 0.778 bits per heavy atom. The largest absolute Gasteiger partial charge is 0.294 e. The van der Waals surface area contributed by atoms with Crippen molar-refractivity contribution < 1.29 is 4.79 Å². The van der Waals surface area contributed by atoms with Gasteiger partial charge in [0.15, 0.2) is 5.78 Å². The van der Waals surface area contributed by atoms with E-state index in [2.05, 4.69) is 37.3 Å². The van der Waals surface area contributed by atoms with Crippen molar-refractivity contribution >= 4 is 5.78 Å². The monoisotopic (exact) mass is 362 g/mol. The Morgan fingerprint density at radius 2 is 1.41 bits per heavy atom. The molecule has 2 aromatic carbocycles. The Bertz CT molecular complexity index is 772. The van der Waals surface area contributed by atoms with Crippen LogP contribution in [0.4, 0.5) is 0 Å². The van der Waals surface area contributed by atoms with Gasteiger partial charge in [-0.05, 0) is 59.6 Å². The summed E-state index contributed by atoms with van der Waals surface area (Å²) < 4.78 is 0. The van der Waals surface area contributed by atoms with Gasteiger partial charge < -0.3 is 0 Å². The zero-order valence-corrected chi connectivity index (χ0v) is 17.2. The number of carbonyl (C=O) groups excluding carboxylic acids is 1. The molecule has 0 saturated carbocycles. The predicted molar refractivity (Wildman–Crippen MR) is 116 cm³/mol. The number of carbonyl (C=O) groups is 1. The molecule has 0 radical (unpaired) electrons. The maximum atomic E-state index is 12.0. The molecule has 3 rings (SSSR count). The fraction of sp³-hybridized carbons (Fsp3) is 0.500. The summed E-state index contributed by atoms with van der Waals surface area (Å²) in [4.78, 5) is 12.0. The number of benzene rings is 2. The van der Waals surface area contributed by atoms with Gasteiger partial charge in [0, 0.05) is 12.0 Å². The van der Waals surface area contributed by atoms with Gasteiger partial charge in [-0.15, -0.1) is 0 Å². The predicted octanol–water partition coefficient (Wildman–Crippen LogP) is 7.34. The van der Waals surface area contributed by atoms with E-state index in [1.54, 1.807) is 0 Å². The number of hydrogen-bond acceptors (Lipinski definition) is 1. The lowest BCUT2D eigenvalue weighted by Crippen LogP contribution is -2.07. The summed E-state index contributed by atoms with van der Waals surface area (Å²) in [7, 11) is 0. The van der Waals surface area contributed by atoms with E-state index >= 15 is 0 Å². The minimum atomic E-state index is 0.244. The van der Waals surface area contributed by atoms with Crippen molar-refractivity contribution in [3.05, 3.63) is 58.7 Å². The van der Waals surface area contributed by atoms with E-state index in [0.717, 1.165) is 18.4 Å². The fourth-order valence-electron chi connectivity index (χ4n) is 4.27. The van der Waals surface area contributed by atoms with Gasteiger partial charge in [0.05, 0.1) is 0 Å². The van der Waals surface area contributed by atoms with E-state index < -0.39 is 0 Å². The highest BCUT2D eigenvalue weighted by Gasteiger charge is 2.17. The second-order valence-electron chi connectivity index (χ2n) is 8.01. The van der Waals surface area contributed by atoms with Crippen LogP contribution in [0.1, 0.15) is 92.3 Å². The Hall–Kier alpha value is -1.89. The molecule has 0 amide bonds. The Kier molecular flexibility index (Phi) is 7.26. The molecule has 0 atom stereocenters. The molecule has 1 nitrogen and oxygen atoms in total. The van der Waals surface area contributed by atoms with Crippen LogP contribution in [0.5, 0.6) is 0 Å². The molecule has 0 saturated heterocycles. The first-order valence-electron chi connectivity index (χ1n) is 11.0. The van der Waals surface area contributed by atoms with Crippen molar-refractivity contribution in [2.45, 2.75) is 84.5 Å². The number of Topliss-reactive ketones (excluding diaryl/α,β-unsaturated/α-hetero) is 1. The van der Waals surface area contributed by atoms with Crippen LogP contribution >= 0.6 is 0 Å². The Morgan fingerprint density at radius 3 is 2.11 bits per heavy atom. The number of hydrogen-bond donors (Lipinski definition) is 0. The number of aryl methyl sites for hydroxylation is 3. The molecule has 1 aliphatic carbocycles. The normalized spacial score (nSPS) is 12.5. The second-order valence-corrected chi connectivity index (χ2v) is 8.01. The van der Waals surface area contributed by atoms with Gasteiger partial charge in [-0.3, -0.25) is 4.79 Å². The highest BCUT2D eigenvalue weighted by Crippen LogP contribution is 2.35. The van der Waals surface area contributed by atoms with Gasteiger partial charge in [0.25, 0.3) is 0 Å². The lowest BCUT2D eigenvalue weighted by atomic mass is 9.83. The third-order valence-electron chi connectivity index (χ3n) is 5.94. The van der Waals surface area contributed by atoms with Crippen molar-refractivity contribution in [3.8, 4) is 11.1 Å². The third-order valence-corrected chi connectivity index (χ3v) is 5.94. The zero-order valence-electron chi connectivity index (χ0n) is 17.2. The summed E-state index contributed by atoms with van der Waals surface area (Å²) in [5, 5.41) is 0. The van der Waals surface area contributed by atoms with E-state index in [1.165, 1.54) is 79.2 Å². The summed E-state index contributed by atoms with van der Waals surface area (Å²) in [6, 6.07) is 13.3. The van der Waals surface area contributed by atoms with Gasteiger partial charge in [-0.2, -0.15) is 0 Å². The van der Waals surface area contributed by atoms with E-state index in [-0.39, 0.29) is 5.78 Å². The minimum absolute atomic E-state index is 0.244. The summed E-state index contributed by atoms with van der Waals surface area (Å²) in [5.74, 6) is 0.244. The molecular weight excluding hydrogens is 328 g/mol. The first-order chi connectivity index (χ1) is 13.2. The molecule has 1 heteroatoms. The number of unbranched alkanes of at least 4 members (excludes halogenated alkanes) is 6. The highest BCUT2D eigenvalue weighted by atomic mass is 16.1. The van der Waals surface area contributed by atoms with Gasteiger partial charge in [0.2, 0.25) is 0 Å². The molecule has 1 aliphatic rings. The fourth-order valence-corrected chi connectivity index (χ4v) is 4.27. The molecule has 144 valence electrons. The zero-order chi connectivity index (χ0) is 19.1. The van der Waals surface area contributed by atoms with E-state index in [9.17, 15) is 4.79 Å². The molecule has 0 aromatic heterocycles. The Balaban J connectivity index is 1.61.